The SMILES string of the molecule is CC(C)(C)OC(=O)c1cs[nH]c1=O. The number of hydrogen-bond acceptors (Lipinski definition) is 4. The third-order valence-corrected chi connectivity index (χ3v) is 1.85. The van der Waals surface area contributed by atoms with Crippen molar-refractivity contribution in [1.29, 1.82) is 0 Å². The van der Waals surface area contributed by atoms with Gasteiger partial charge in [-0.05, 0) is 20.8 Å². The Morgan fingerprint density at radius 1 is 1.54 bits per heavy atom. The second-order valence-electron chi connectivity index (χ2n) is 3.58. The molecule has 0 saturated carbocycles. The van der Waals surface area contributed by atoms with Crippen LogP contribution in [0.25, 0.3) is 0 Å². The highest BCUT2D eigenvalue weighted by atomic mass is 32.1. The van der Waals surface area contributed by atoms with E-state index in [4.69, 9.17) is 4.74 Å². The standard InChI is InChI=1S/C8H11NO3S/c1-8(2,3)12-7(11)5-4-13-9-6(5)10/h4H,1-3H3,(H,9,10). The number of H-pyrrole nitrogens is 1. The van der Waals surface area contributed by atoms with E-state index in [1.165, 1.54) is 5.38 Å². The predicted molar refractivity (Wildman–Crippen MR) is 50.1 cm³/mol. The van der Waals surface area contributed by atoms with Gasteiger partial charge in [-0.15, -0.1) is 0 Å². The Morgan fingerprint density at radius 2 is 2.15 bits per heavy atom. The second kappa shape index (κ2) is 3.33. The van der Waals surface area contributed by atoms with Crippen LogP contribution in [0.1, 0.15) is 31.1 Å². The molecule has 0 unspecified atom stereocenters. The van der Waals surface area contributed by atoms with Gasteiger partial charge in [0.1, 0.15) is 11.2 Å². The molecule has 0 saturated heterocycles. The highest BCUT2D eigenvalue weighted by Crippen LogP contribution is 2.10. The zero-order chi connectivity index (χ0) is 10.1. The Labute approximate surface area is 79.7 Å². The highest BCUT2D eigenvalue weighted by Gasteiger charge is 2.20. The molecule has 0 aliphatic heterocycles. The van der Waals surface area contributed by atoms with Crippen molar-refractivity contribution in [3.05, 3.63) is 21.3 Å². The van der Waals surface area contributed by atoms with Crippen molar-refractivity contribution >= 4 is 17.5 Å². The lowest BCUT2D eigenvalue weighted by molar-refractivity contribution is 0.00685. The maximum atomic E-state index is 11.3. The van der Waals surface area contributed by atoms with Crippen LogP contribution in [0.5, 0.6) is 0 Å². The third-order valence-electron chi connectivity index (χ3n) is 1.19. The van der Waals surface area contributed by atoms with Crippen molar-refractivity contribution in [2.24, 2.45) is 0 Å². The number of nitrogens with one attached hydrogen (secondary N) is 1. The molecule has 0 bridgehead atoms. The molecule has 1 aromatic rings. The van der Waals surface area contributed by atoms with Crippen LogP contribution in [-0.4, -0.2) is 15.9 Å². The molecule has 1 aromatic heterocycles. The summed E-state index contributed by atoms with van der Waals surface area (Å²) in [7, 11) is 0. The van der Waals surface area contributed by atoms with E-state index < -0.39 is 11.6 Å². The van der Waals surface area contributed by atoms with E-state index in [1.807, 2.05) is 0 Å². The molecule has 1 rings (SSSR count). The molecule has 0 aromatic carbocycles. The number of carbonyl (C=O) groups excluding carboxylic acids is 1. The van der Waals surface area contributed by atoms with Gasteiger partial charge in [0, 0.05) is 5.38 Å². The van der Waals surface area contributed by atoms with Gasteiger partial charge in [-0.25, -0.2) is 4.79 Å². The summed E-state index contributed by atoms with van der Waals surface area (Å²) in [5.41, 5.74) is -0.884. The van der Waals surface area contributed by atoms with Crippen LogP contribution < -0.4 is 5.56 Å². The van der Waals surface area contributed by atoms with Gasteiger partial charge < -0.3 is 4.74 Å². The minimum Gasteiger partial charge on any atom is -0.456 e. The molecular weight excluding hydrogens is 190 g/mol. The van der Waals surface area contributed by atoms with Gasteiger partial charge in [-0.2, -0.15) is 0 Å². The van der Waals surface area contributed by atoms with Crippen LogP contribution >= 0.6 is 11.5 Å². The number of carbonyl (C=O) groups is 1. The molecule has 72 valence electrons. The van der Waals surface area contributed by atoms with E-state index in [1.54, 1.807) is 20.8 Å². The van der Waals surface area contributed by atoms with Gasteiger partial charge >= 0.3 is 5.97 Å². The molecule has 5 heteroatoms. The smallest absolute Gasteiger partial charge is 0.345 e. The maximum Gasteiger partial charge on any atom is 0.345 e. The molecule has 1 heterocycles. The first-order valence-corrected chi connectivity index (χ1v) is 4.67. The van der Waals surface area contributed by atoms with Crippen LogP contribution in [-0.2, 0) is 4.74 Å². The fourth-order valence-electron chi connectivity index (χ4n) is 0.724. The zero-order valence-corrected chi connectivity index (χ0v) is 8.53. The third kappa shape index (κ3) is 2.69. The molecule has 0 aliphatic rings. The monoisotopic (exact) mass is 201 g/mol. The van der Waals surface area contributed by atoms with Crippen molar-refractivity contribution < 1.29 is 9.53 Å². The van der Waals surface area contributed by atoms with Crippen LogP contribution in [0.4, 0.5) is 0 Å². The normalized spacial score (nSPS) is 11.3. The first kappa shape index (κ1) is 9.98. The lowest BCUT2D eigenvalue weighted by Gasteiger charge is -2.18. The molecule has 4 nitrogen and oxygen atoms in total. The minimum atomic E-state index is -0.574. The topological polar surface area (TPSA) is 59.2 Å². The number of aromatic amines is 1. The van der Waals surface area contributed by atoms with Crippen LogP contribution in [0.2, 0.25) is 0 Å². The number of ether oxygens (including phenoxy) is 1. The fourth-order valence-corrected chi connectivity index (χ4v) is 1.32. The van der Waals surface area contributed by atoms with E-state index >= 15 is 0 Å². The molecular formula is C8H11NO3S. The molecule has 0 fully saturated rings. The summed E-state index contributed by atoms with van der Waals surface area (Å²) in [6, 6.07) is 0. The summed E-state index contributed by atoms with van der Waals surface area (Å²) >= 11 is 1.08. The van der Waals surface area contributed by atoms with Gasteiger partial charge in [0.2, 0.25) is 0 Å². The van der Waals surface area contributed by atoms with Crippen molar-refractivity contribution in [3.63, 3.8) is 0 Å². The van der Waals surface area contributed by atoms with Crippen LogP contribution in [0.15, 0.2) is 10.2 Å². The minimum absolute atomic E-state index is 0.0694. The molecule has 13 heavy (non-hydrogen) atoms. The van der Waals surface area contributed by atoms with Gasteiger partial charge in [0.25, 0.3) is 5.56 Å². The number of rotatable bonds is 1. The Kier molecular flexibility index (Phi) is 2.56. The molecule has 0 aliphatic carbocycles. The summed E-state index contributed by atoms with van der Waals surface area (Å²) in [4.78, 5) is 22.3. The van der Waals surface area contributed by atoms with Gasteiger partial charge in [-0.3, -0.25) is 9.17 Å². The first-order chi connectivity index (χ1) is 5.90. The largest absolute Gasteiger partial charge is 0.456 e. The zero-order valence-electron chi connectivity index (χ0n) is 7.71. The summed E-state index contributed by atoms with van der Waals surface area (Å²) in [6.07, 6.45) is 0. The van der Waals surface area contributed by atoms with Crippen molar-refractivity contribution in [2.75, 3.05) is 0 Å². The van der Waals surface area contributed by atoms with E-state index in [0.717, 1.165) is 11.5 Å². The molecule has 1 N–H and O–H groups in total. The lowest BCUT2D eigenvalue weighted by Crippen LogP contribution is -2.26. The fraction of sp³-hybridized carbons (Fsp3) is 0.500. The number of hydrogen-bond donors (Lipinski definition) is 1. The summed E-state index contributed by atoms with van der Waals surface area (Å²) in [5.74, 6) is -0.574. The van der Waals surface area contributed by atoms with Crippen LogP contribution in [0, 0.1) is 0 Å². The number of esters is 1. The predicted octanol–water partition coefficient (Wildman–Crippen LogP) is 1.39. The lowest BCUT2D eigenvalue weighted by atomic mass is 10.2. The van der Waals surface area contributed by atoms with Gasteiger partial charge in [0.05, 0.1) is 0 Å². The van der Waals surface area contributed by atoms with Crippen molar-refractivity contribution in [1.82, 2.24) is 4.37 Å². The average Bonchev–Trinajstić information content (AvgIpc) is 2.30. The Balaban J connectivity index is 2.82. The summed E-state index contributed by atoms with van der Waals surface area (Å²) in [6.45, 7) is 5.27. The Hall–Kier alpha value is -1.10. The van der Waals surface area contributed by atoms with Gasteiger partial charge in [0.15, 0.2) is 0 Å². The van der Waals surface area contributed by atoms with Crippen molar-refractivity contribution in [3.8, 4) is 0 Å². The average molecular weight is 201 g/mol. The maximum absolute atomic E-state index is 11.3. The quantitative estimate of drug-likeness (QED) is 0.698. The summed E-state index contributed by atoms with van der Waals surface area (Å²) < 4.78 is 7.43. The number of aromatic nitrogens is 1. The molecule has 0 radical (unpaired) electrons. The van der Waals surface area contributed by atoms with Crippen LogP contribution in [0.3, 0.4) is 0 Å². The Bertz CT molecular complexity index is 358. The first-order valence-electron chi connectivity index (χ1n) is 3.79. The Morgan fingerprint density at radius 3 is 2.54 bits per heavy atom. The molecule has 0 spiro atoms. The van der Waals surface area contributed by atoms with Crippen molar-refractivity contribution in [2.45, 2.75) is 26.4 Å². The highest BCUT2D eigenvalue weighted by molar-refractivity contribution is 7.03. The molecule has 0 atom stereocenters. The van der Waals surface area contributed by atoms with E-state index in [9.17, 15) is 9.59 Å². The van der Waals surface area contributed by atoms with Gasteiger partial charge in [-0.1, -0.05) is 11.5 Å². The molecule has 0 amide bonds. The van der Waals surface area contributed by atoms with E-state index in [2.05, 4.69) is 4.37 Å². The van der Waals surface area contributed by atoms with E-state index in [0.29, 0.717) is 0 Å². The van der Waals surface area contributed by atoms with E-state index in [-0.39, 0.29) is 11.1 Å². The summed E-state index contributed by atoms with van der Waals surface area (Å²) in [5, 5.41) is 1.45. The second-order valence-corrected chi connectivity index (χ2v) is 4.26.